The van der Waals surface area contributed by atoms with Crippen LogP contribution in [0.2, 0.25) is 0 Å². The Morgan fingerprint density at radius 3 is 3.18 bits per heavy atom. The highest BCUT2D eigenvalue weighted by atomic mass is 14.4. The Morgan fingerprint density at radius 2 is 2.45 bits per heavy atom. The maximum atomic E-state index is 2.47. The van der Waals surface area contributed by atoms with E-state index in [2.05, 4.69) is 25.2 Å². The molecule has 1 fully saturated rings. The Kier molecular flexibility index (Phi) is 1.85. The quantitative estimate of drug-likeness (QED) is 0.500. The molecule has 0 heteroatoms. The monoisotopic (exact) mass is 148 g/mol. The van der Waals surface area contributed by atoms with Crippen LogP contribution < -0.4 is 0 Å². The first-order chi connectivity index (χ1) is 5.42. The molecule has 1 saturated carbocycles. The van der Waals surface area contributed by atoms with E-state index in [1.807, 2.05) is 0 Å². The van der Waals surface area contributed by atoms with Gasteiger partial charge in [0.15, 0.2) is 0 Å². The van der Waals surface area contributed by atoms with Gasteiger partial charge in [-0.15, -0.1) is 0 Å². The average Bonchev–Trinajstić information content (AvgIpc) is 2.01. The van der Waals surface area contributed by atoms with Gasteiger partial charge in [0.2, 0.25) is 0 Å². The largest absolute Gasteiger partial charge is 0.0914 e. The Bertz CT molecular complexity index is 198. The van der Waals surface area contributed by atoms with E-state index in [1.54, 1.807) is 5.57 Å². The van der Waals surface area contributed by atoms with Gasteiger partial charge in [0.1, 0.15) is 0 Å². The van der Waals surface area contributed by atoms with Crippen molar-refractivity contribution >= 4 is 0 Å². The molecule has 0 aromatic carbocycles. The van der Waals surface area contributed by atoms with Crippen molar-refractivity contribution in [2.24, 2.45) is 11.8 Å². The molecule has 2 rings (SSSR count). The van der Waals surface area contributed by atoms with E-state index in [1.165, 1.54) is 25.7 Å². The second-order valence-electron chi connectivity index (χ2n) is 3.71. The highest BCUT2D eigenvalue weighted by molar-refractivity contribution is 5.24. The lowest BCUT2D eigenvalue weighted by Crippen LogP contribution is -2.29. The standard InChI is InChI=1S/C11H16/c1-2-5-9-8-10-6-3-4-7-11(9)10/h2,5-6,9,11H,3-4,7-8H2,1H3/b5-2-. The molecule has 0 bridgehead atoms. The topological polar surface area (TPSA) is 0 Å². The predicted molar refractivity (Wildman–Crippen MR) is 48.3 cm³/mol. The van der Waals surface area contributed by atoms with Crippen LogP contribution in [-0.4, -0.2) is 0 Å². The molecule has 0 nitrogen and oxygen atoms in total. The molecule has 11 heavy (non-hydrogen) atoms. The van der Waals surface area contributed by atoms with E-state index in [4.69, 9.17) is 0 Å². The van der Waals surface area contributed by atoms with E-state index >= 15 is 0 Å². The molecule has 2 atom stereocenters. The van der Waals surface area contributed by atoms with Crippen molar-refractivity contribution in [3.63, 3.8) is 0 Å². The fourth-order valence-corrected chi connectivity index (χ4v) is 2.39. The highest BCUT2D eigenvalue weighted by Gasteiger charge is 2.34. The minimum Gasteiger partial charge on any atom is -0.0914 e. The molecule has 0 aromatic rings. The van der Waals surface area contributed by atoms with Crippen LogP contribution in [0.4, 0.5) is 0 Å². The number of hydrogen-bond donors (Lipinski definition) is 0. The van der Waals surface area contributed by atoms with E-state index in [0.29, 0.717) is 0 Å². The van der Waals surface area contributed by atoms with Crippen LogP contribution in [0.15, 0.2) is 23.8 Å². The maximum Gasteiger partial charge on any atom is -0.0131 e. The third kappa shape index (κ3) is 1.15. The Labute approximate surface area is 69.0 Å². The van der Waals surface area contributed by atoms with Gasteiger partial charge in [-0.05, 0) is 44.4 Å². The lowest BCUT2D eigenvalue weighted by molar-refractivity contribution is 0.296. The summed E-state index contributed by atoms with van der Waals surface area (Å²) in [5.74, 6) is 1.84. The summed E-state index contributed by atoms with van der Waals surface area (Å²) in [6.45, 7) is 2.13. The summed E-state index contributed by atoms with van der Waals surface area (Å²) in [5, 5.41) is 0. The van der Waals surface area contributed by atoms with Crippen LogP contribution in [-0.2, 0) is 0 Å². The molecule has 0 aromatic heterocycles. The van der Waals surface area contributed by atoms with Crippen molar-refractivity contribution < 1.29 is 0 Å². The van der Waals surface area contributed by atoms with Gasteiger partial charge in [0.05, 0.1) is 0 Å². The van der Waals surface area contributed by atoms with Crippen LogP contribution >= 0.6 is 0 Å². The Morgan fingerprint density at radius 1 is 1.55 bits per heavy atom. The van der Waals surface area contributed by atoms with Crippen molar-refractivity contribution in [1.82, 2.24) is 0 Å². The van der Waals surface area contributed by atoms with E-state index in [9.17, 15) is 0 Å². The van der Waals surface area contributed by atoms with Crippen molar-refractivity contribution in [1.29, 1.82) is 0 Å². The van der Waals surface area contributed by atoms with Crippen molar-refractivity contribution in [3.05, 3.63) is 23.8 Å². The van der Waals surface area contributed by atoms with Gasteiger partial charge in [-0.25, -0.2) is 0 Å². The summed E-state index contributed by atoms with van der Waals surface area (Å²) < 4.78 is 0. The second-order valence-corrected chi connectivity index (χ2v) is 3.71. The van der Waals surface area contributed by atoms with E-state index in [-0.39, 0.29) is 0 Å². The first-order valence-corrected chi connectivity index (χ1v) is 4.73. The van der Waals surface area contributed by atoms with E-state index < -0.39 is 0 Å². The zero-order valence-electron chi connectivity index (χ0n) is 7.22. The van der Waals surface area contributed by atoms with Gasteiger partial charge >= 0.3 is 0 Å². The van der Waals surface area contributed by atoms with Gasteiger partial charge in [-0.2, -0.15) is 0 Å². The normalized spacial score (nSPS) is 36.3. The van der Waals surface area contributed by atoms with Crippen LogP contribution in [0.25, 0.3) is 0 Å². The lowest BCUT2D eigenvalue weighted by Gasteiger charge is -2.40. The van der Waals surface area contributed by atoms with Crippen LogP contribution in [0.3, 0.4) is 0 Å². The van der Waals surface area contributed by atoms with Crippen LogP contribution in [0.5, 0.6) is 0 Å². The van der Waals surface area contributed by atoms with Gasteiger partial charge in [0, 0.05) is 0 Å². The summed E-state index contributed by atoms with van der Waals surface area (Å²) in [6, 6.07) is 0. The highest BCUT2D eigenvalue weighted by Crippen LogP contribution is 2.46. The molecule has 0 N–H and O–H groups in total. The molecule has 0 spiro atoms. The minimum absolute atomic E-state index is 0.895. The minimum atomic E-state index is 0.895. The summed E-state index contributed by atoms with van der Waals surface area (Å²) in [6.07, 6.45) is 12.6. The molecule has 0 saturated heterocycles. The van der Waals surface area contributed by atoms with E-state index in [0.717, 1.165) is 11.8 Å². The summed E-state index contributed by atoms with van der Waals surface area (Å²) in [5.41, 5.74) is 1.75. The summed E-state index contributed by atoms with van der Waals surface area (Å²) >= 11 is 0. The van der Waals surface area contributed by atoms with Gasteiger partial charge < -0.3 is 0 Å². The molecule has 2 unspecified atom stereocenters. The Hall–Kier alpha value is -0.520. The van der Waals surface area contributed by atoms with Gasteiger partial charge in [0.25, 0.3) is 0 Å². The molecule has 0 amide bonds. The summed E-state index contributed by atoms with van der Waals surface area (Å²) in [7, 11) is 0. The fraction of sp³-hybridized carbons (Fsp3) is 0.636. The van der Waals surface area contributed by atoms with Gasteiger partial charge in [-0.3, -0.25) is 0 Å². The van der Waals surface area contributed by atoms with Crippen molar-refractivity contribution in [2.75, 3.05) is 0 Å². The van der Waals surface area contributed by atoms with Crippen molar-refractivity contribution in [2.45, 2.75) is 32.6 Å². The van der Waals surface area contributed by atoms with Gasteiger partial charge in [-0.1, -0.05) is 23.8 Å². The fourth-order valence-electron chi connectivity index (χ4n) is 2.39. The lowest BCUT2D eigenvalue weighted by atomic mass is 9.64. The SMILES string of the molecule is C/C=C\C1CC2=CCCCC21. The average molecular weight is 148 g/mol. The Balaban J connectivity index is 2.02. The molecule has 0 aliphatic heterocycles. The molecular weight excluding hydrogens is 132 g/mol. The molecule has 0 radical (unpaired) electrons. The molecule has 60 valence electrons. The third-order valence-electron chi connectivity index (χ3n) is 3.03. The van der Waals surface area contributed by atoms with Crippen LogP contribution in [0.1, 0.15) is 32.6 Å². The first kappa shape index (κ1) is 7.15. The first-order valence-electron chi connectivity index (χ1n) is 4.73. The molecule has 2 aliphatic rings. The molecule has 0 heterocycles. The zero-order chi connectivity index (χ0) is 7.68. The van der Waals surface area contributed by atoms with Crippen LogP contribution in [0, 0.1) is 11.8 Å². The molecule has 2 aliphatic carbocycles. The zero-order valence-corrected chi connectivity index (χ0v) is 7.22. The molecular formula is C11H16. The smallest absolute Gasteiger partial charge is 0.0131 e. The predicted octanol–water partition coefficient (Wildman–Crippen LogP) is 3.31. The second kappa shape index (κ2) is 2.84. The number of allylic oxidation sites excluding steroid dienone is 4. The third-order valence-corrected chi connectivity index (χ3v) is 3.03. The maximum absolute atomic E-state index is 2.47. The van der Waals surface area contributed by atoms with Crippen molar-refractivity contribution in [3.8, 4) is 0 Å². The number of hydrogen-bond acceptors (Lipinski definition) is 0. The number of rotatable bonds is 1. The summed E-state index contributed by atoms with van der Waals surface area (Å²) in [4.78, 5) is 0. The number of fused-ring (bicyclic) bond motifs is 1.